The smallest absolute Gasteiger partial charge is 0.194 e. The van der Waals surface area contributed by atoms with Gasteiger partial charge < -0.3 is 14.8 Å². The summed E-state index contributed by atoms with van der Waals surface area (Å²) in [5.41, 5.74) is 1.27. The molecule has 1 N–H and O–H groups in total. The molecule has 0 atom stereocenters. The minimum Gasteiger partial charge on any atom is -0.353 e. The number of hydrogen-bond donors (Lipinski definition) is 1. The van der Waals surface area contributed by atoms with Gasteiger partial charge >= 0.3 is 0 Å². The first kappa shape index (κ1) is 24.3. The first-order valence-electron chi connectivity index (χ1n) is 11.0. The summed E-state index contributed by atoms with van der Waals surface area (Å²) in [5.74, 6) is 2.84. The Balaban J connectivity index is 0.00000272. The van der Waals surface area contributed by atoms with Crippen LogP contribution in [-0.2, 0) is 20.1 Å². The molecule has 0 amide bonds. The number of aryl methyl sites for hydroxylation is 1. The highest BCUT2D eigenvalue weighted by Gasteiger charge is 2.23. The van der Waals surface area contributed by atoms with Gasteiger partial charge in [-0.15, -0.1) is 34.2 Å². The number of piperazine rings is 1. The molecule has 0 radical (unpaired) electrons. The van der Waals surface area contributed by atoms with Crippen LogP contribution >= 0.6 is 35.6 Å². The maximum Gasteiger partial charge on any atom is 0.194 e. The summed E-state index contributed by atoms with van der Waals surface area (Å²) in [7, 11) is 2.00. The molecule has 1 aliphatic heterocycles. The first-order valence-corrected chi connectivity index (χ1v) is 11.3. The van der Waals surface area contributed by atoms with E-state index in [9.17, 15) is 0 Å². The van der Waals surface area contributed by atoms with E-state index in [2.05, 4.69) is 37.4 Å². The highest BCUT2D eigenvalue weighted by Crippen LogP contribution is 2.19. The number of nitrogens with zero attached hydrogens (tertiary/aromatic N) is 6. The summed E-state index contributed by atoms with van der Waals surface area (Å²) in [4.78, 5) is 9.83. The van der Waals surface area contributed by atoms with Crippen molar-refractivity contribution in [1.82, 2.24) is 29.9 Å². The zero-order chi connectivity index (χ0) is 20.9. The average molecular weight is 558 g/mol. The number of rotatable bonds is 5. The fourth-order valence-electron chi connectivity index (χ4n) is 4.24. The number of guanidine groups is 1. The Morgan fingerprint density at radius 2 is 1.90 bits per heavy atom. The van der Waals surface area contributed by atoms with Gasteiger partial charge in [0.25, 0.3) is 0 Å². The van der Waals surface area contributed by atoms with Crippen LogP contribution in [0.2, 0.25) is 5.02 Å². The lowest BCUT2D eigenvalue weighted by atomic mass is 10.2. The summed E-state index contributed by atoms with van der Waals surface area (Å²) in [6.45, 7) is 7.43. The third-order valence-corrected chi connectivity index (χ3v) is 6.44. The molecular formula is C22H33ClIN7. The van der Waals surface area contributed by atoms with Crippen LogP contribution in [0.3, 0.4) is 0 Å². The fraction of sp³-hybridized carbons (Fsp3) is 0.591. The average Bonchev–Trinajstić information content (AvgIpc) is 3.37. The maximum absolute atomic E-state index is 6.14. The lowest BCUT2D eigenvalue weighted by molar-refractivity contribution is 0.171. The Morgan fingerprint density at radius 3 is 2.55 bits per heavy atom. The molecule has 0 bridgehead atoms. The Labute approximate surface area is 207 Å². The molecule has 7 nitrogen and oxygen atoms in total. The lowest BCUT2D eigenvalue weighted by Crippen LogP contribution is -2.53. The Morgan fingerprint density at radius 1 is 1.16 bits per heavy atom. The van der Waals surface area contributed by atoms with E-state index < -0.39 is 0 Å². The number of aromatic nitrogens is 3. The van der Waals surface area contributed by atoms with E-state index >= 15 is 0 Å². The predicted octanol–water partition coefficient (Wildman–Crippen LogP) is 3.60. The minimum atomic E-state index is 0. The van der Waals surface area contributed by atoms with Gasteiger partial charge in [-0.3, -0.25) is 4.90 Å². The summed E-state index contributed by atoms with van der Waals surface area (Å²) >= 11 is 6.14. The second-order valence-corrected chi connectivity index (χ2v) is 8.82. The molecule has 31 heavy (non-hydrogen) atoms. The van der Waals surface area contributed by atoms with Crippen LogP contribution in [0.25, 0.3) is 0 Å². The molecule has 4 rings (SSSR count). The highest BCUT2D eigenvalue weighted by molar-refractivity contribution is 14.0. The van der Waals surface area contributed by atoms with Crippen LogP contribution in [-0.4, -0.2) is 62.7 Å². The second-order valence-electron chi connectivity index (χ2n) is 8.38. The number of hydrogen-bond acceptors (Lipinski definition) is 4. The van der Waals surface area contributed by atoms with Crippen molar-refractivity contribution in [3.8, 4) is 0 Å². The molecular weight excluding hydrogens is 525 g/mol. The monoisotopic (exact) mass is 557 g/mol. The van der Waals surface area contributed by atoms with Gasteiger partial charge in [0.15, 0.2) is 11.8 Å². The van der Waals surface area contributed by atoms with Gasteiger partial charge in [0.05, 0.1) is 0 Å². The van der Waals surface area contributed by atoms with Crippen LogP contribution in [0, 0.1) is 6.92 Å². The molecule has 1 saturated heterocycles. The van der Waals surface area contributed by atoms with E-state index in [4.69, 9.17) is 16.6 Å². The standard InChI is InChI=1S/C22H32ClN7.HI/c1-17-26-27-21(28(17)2)15-24-22(25-20-8-3-4-9-20)30-12-10-29(11-13-30)16-18-6-5-7-19(23)14-18;/h5-7,14,20H,3-4,8-13,15-16H2,1-2H3,(H,24,25);1H. The van der Waals surface area contributed by atoms with Crippen LogP contribution in [0.1, 0.15) is 42.9 Å². The zero-order valence-electron chi connectivity index (χ0n) is 18.4. The molecule has 1 aromatic carbocycles. The lowest BCUT2D eigenvalue weighted by Gasteiger charge is -2.37. The van der Waals surface area contributed by atoms with Gasteiger partial charge in [0, 0.05) is 50.8 Å². The third kappa shape index (κ3) is 6.55. The third-order valence-electron chi connectivity index (χ3n) is 6.21. The molecule has 1 aliphatic carbocycles. The number of benzene rings is 1. The van der Waals surface area contributed by atoms with Crippen molar-refractivity contribution in [2.45, 2.75) is 51.7 Å². The topological polar surface area (TPSA) is 61.6 Å². The van der Waals surface area contributed by atoms with E-state index in [-0.39, 0.29) is 24.0 Å². The fourth-order valence-corrected chi connectivity index (χ4v) is 4.45. The number of aliphatic imine (C=N–C) groups is 1. The minimum absolute atomic E-state index is 0. The quantitative estimate of drug-likeness (QED) is 0.346. The molecule has 0 spiro atoms. The SMILES string of the molecule is Cc1nnc(CN=C(NC2CCCC2)N2CCN(Cc3cccc(Cl)c3)CC2)n1C.I. The van der Waals surface area contributed by atoms with Crippen molar-refractivity contribution in [1.29, 1.82) is 0 Å². The Bertz CT molecular complexity index is 870. The van der Waals surface area contributed by atoms with Crippen molar-refractivity contribution >= 4 is 41.5 Å². The highest BCUT2D eigenvalue weighted by atomic mass is 127. The van der Waals surface area contributed by atoms with Gasteiger partial charge in [0.2, 0.25) is 0 Å². The van der Waals surface area contributed by atoms with Crippen LogP contribution in [0.4, 0.5) is 0 Å². The molecule has 2 aliphatic rings. The molecule has 170 valence electrons. The largest absolute Gasteiger partial charge is 0.353 e. The van der Waals surface area contributed by atoms with Crippen molar-refractivity contribution in [2.24, 2.45) is 12.0 Å². The summed E-state index contributed by atoms with van der Waals surface area (Å²) in [5, 5.41) is 13.0. The van der Waals surface area contributed by atoms with Gasteiger partial charge in [-0.25, -0.2) is 4.99 Å². The molecule has 9 heteroatoms. The maximum atomic E-state index is 6.14. The van der Waals surface area contributed by atoms with Crippen LogP contribution in [0.5, 0.6) is 0 Å². The van der Waals surface area contributed by atoms with E-state index in [1.54, 1.807) is 0 Å². The zero-order valence-corrected chi connectivity index (χ0v) is 21.5. The van der Waals surface area contributed by atoms with E-state index in [1.165, 1.54) is 31.2 Å². The predicted molar refractivity (Wildman–Crippen MR) is 136 cm³/mol. The van der Waals surface area contributed by atoms with Gasteiger partial charge in [-0.1, -0.05) is 36.6 Å². The van der Waals surface area contributed by atoms with Gasteiger partial charge in [0.1, 0.15) is 12.4 Å². The van der Waals surface area contributed by atoms with Crippen LogP contribution < -0.4 is 5.32 Å². The molecule has 2 fully saturated rings. The van der Waals surface area contributed by atoms with Crippen molar-refractivity contribution < 1.29 is 0 Å². The van der Waals surface area contributed by atoms with E-state index in [0.29, 0.717) is 12.6 Å². The van der Waals surface area contributed by atoms with E-state index in [0.717, 1.165) is 55.4 Å². The first-order chi connectivity index (χ1) is 14.6. The molecule has 1 aromatic heterocycles. The van der Waals surface area contributed by atoms with Gasteiger partial charge in [-0.05, 0) is 37.5 Å². The van der Waals surface area contributed by atoms with E-state index in [1.807, 2.05) is 30.7 Å². The second kappa shape index (κ2) is 11.5. The van der Waals surface area contributed by atoms with Gasteiger partial charge in [-0.2, -0.15) is 0 Å². The van der Waals surface area contributed by atoms with Crippen molar-refractivity contribution in [3.63, 3.8) is 0 Å². The van der Waals surface area contributed by atoms with Crippen molar-refractivity contribution in [3.05, 3.63) is 46.5 Å². The van der Waals surface area contributed by atoms with Crippen molar-refractivity contribution in [2.75, 3.05) is 26.2 Å². The summed E-state index contributed by atoms with van der Waals surface area (Å²) in [6.07, 6.45) is 5.08. The summed E-state index contributed by atoms with van der Waals surface area (Å²) in [6, 6.07) is 8.70. The van der Waals surface area contributed by atoms with Crippen LogP contribution in [0.15, 0.2) is 29.3 Å². The Hall–Kier alpha value is -1.39. The Kier molecular flexibility index (Phi) is 8.97. The number of nitrogens with one attached hydrogen (secondary N) is 1. The molecule has 1 saturated carbocycles. The summed E-state index contributed by atoms with van der Waals surface area (Å²) < 4.78 is 2.01. The number of halogens is 2. The molecule has 0 unspecified atom stereocenters. The molecule has 2 heterocycles. The molecule has 2 aromatic rings. The normalized spacial score (nSPS) is 18.3.